The van der Waals surface area contributed by atoms with Crippen molar-refractivity contribution in [1.29, 1.82) is 0 Å². The first-order valence-electron chi connectivity index (χ1n) is 9.28. The number of aromatic hydroxyl groups is 1. The second-order valence-electron chi connectivity index (χ2n) is 6.86. The van der Waals surface area contributed by atoms with E-state index in [0.29, 0.717) is 0 Å². The van der Waals surface area contributed by atoms with Gasteiger partial charge in [0.05, 0.1) is 12.7 Å². The fraction of sp³-hybridized carbons (Fsp3) is 0.238. The molecule has 0 aliphatic carbocycles. The van der Waals surface area contributed by atoms with E-state index in [1.165, 1.54) is 31.4 Å². The Morgan fingerprint density at radius 2 is 1.84 bits per heavy atom. The van der Waals surface area contributed by atoms with Gasteiger partial charge in [-0.2, -0.15) is 13.2 Å². The summed E-state index contributed by atoms with van der Waals surface area (Å²) in [5, 5.41) is 9.57. The third-order valence-corrected chi connectivity index (χ3v) is 4.56. The molecule has 8 nitrogen and oxygen atoms in total. The summed E-state index contributed by atoms with van der Waals surface area (Å²) < 4.78 is 55.5. The molecule has 0 saturated carbocycles. The monoisotopic (exact) mass is 452 g/mol. The first-order valence-corrected chi connectivity index (χ1v) is 9.28. The van der Waals surface area contributed by atoms with Crippen LogP contribution in [0.2, 0.25) is 0 Å². The average Bonchev–Trinajstić information content (AvgIpc) is 3.05. The summed E-state index contributed by atoms with van der Waals surface area (Å²) in [4.78, 5) is 24.5. The van der Waals surface area contributed by atoms with Gasteiger partial charge in [0.25, 0.3) is 0 Å². The normalized spacial score (nSPS) is 12.4. The number of esters is 1. The summed E-state index contributed by atoms with van der Waals surface area (Å²) in [6.07, 6.45) is -4.94. The van der Waals surface area contributed by atoms with Gasteiger partial charge in [0.2, 0.25) is 5.88 Å². The van der Waals surface area contributed by atoms with Gasteiger partial charge in [0.1, 0.15) is 17.5 Å². The lowest BCUT2D eigenvalue weighted by Crippen LogP contribution is -2.33. The number of rotatable bonds is 7. The Labute approximate surface area is 179 Å². The Morgan fingerprint density at radius 1 is 1.19 bits per heavy atom. The van der Waals surface area contributed by atoms with Crippen LogP contribution in [0.3, 0.4) is 0 Å². The van der Waals surface area contributed by atoms with Gasteiger partial charge in [-0.3, -0.25) is 9.78 Å². The number of carbonyl (C=O) groups is 1. The molecule has 3 rings (SSSR count). The van der Waals surface area contributed by atoms with Crippen LogP contribution in [0.25, 0.3) is 0 Å². The average molecular weight is 452 g/mol. The van der Waals surface area contributed by atoms with E-state index in [4.69, 9.17) is 10.5 Å². The number of oxazole rings is 1. The molecule has 3 aromatic rings. The number of methoxy groups -OCH3 is 1. The van der Waals surface area contributed by atoms with Gasteiger partial charge in [-0.1, -0.05) is 18.2 Å². The van der Waals surface area contributed by atoms with E-state index in [1.807, 2.05) is 4.98 Å². The highest BCUT2D eigenvalue weighted by Crippen LogP contribution is 2.37. The van der Waals surface area contributed by atoms with E-state index in [0.717, 1.165) is 11.6 Å². The zero-order valence-corrected chi connectivity index (χ0v) is 16.7. The molecule has 1 atom stereocenters. The number of hydrogen-bond donors (Lipinski definition) is 3. The molecule has 4 N–H and O–H groups in total. The quantitative estimate of drug-likeness (QED) is 0.470. The third-order valence-electron chi connectivity index (χ3n) is 4.56. The zero-order chi connectivity index (χ0) is 23.5. The largest absolute Gasteiger partial charge is 0.492 e. The molecule has 0 saturated heterocycles. The summed E-state index contributed by atoms with van der Waals surface area (Å²) in [7, 11) is 1.23. The number of benzene rings is 2. The molecule has 1 aromatic heterocycles. The number of halogens is 3. The van der Waals surface area contributed by atoms with Crippen molar-refractivity contribution < 1.29 is 37.0 Å². The molecule has 0 aliphatic rings. The standard InChI is InChI=1S/C21H19F3N2O6/c1-30-19(28)16(25)8-11-2-5-13(6-3-11)31-14-7-4-12(15(10-14)21(22,23)24)9-17-18(27)26-20(29)32-17/h2-7,10,16,27H,8-9,25H2,1H3,(H,26,29). The minimum absolute atomic E-state index is 0.0696. The summed E-state index contributed by atoms with van der Waals surface area (Å²) in [5.74, 6) is -2.26. The third kappa shape index (κ3) is 5.49. The van der Waals surface area contributed by atoms with Crippen molar-refractivity contribution in [2.24, 2.45) is 5.73 Å². The van der Waals surface area contributed by atoms with Crippen LogP contribution < -0.4 is 16.2 Å². The number of alkyl halides is 3. The fourth-order valence-electron chi connectivity index (χ4n) is 3.00. The lowest BCUT2D eigenvalue weighted by molar-refractivity contribution is -0.142. The highest BCUT2D eigenvalue weighted by Gasteiger charge is 2.34. The molecular formula is C21H19F3N2O6. The number of carbonyl (C=O) groups excluding carboxylic acids is 1. The van der Waals surface area contributed by atoms with Crippen LogP contribution >= 0.6 is 0 Å². The second-order valence-corrected chi connectivity index (χ2v) is 6.86. The number of hydrogen-bond acceptors (Lipinski definition) is 7. The Morgan fingerprint density at radius 3 is 2.41 bits per heavy atom. The Kier molecular flexibility index (Phi) is 6.58. The van der Waals surface area contributed by atoms with Gasteiger partial charge in [-0.05, 0) is 41.8 Å². The highest BCUT2D eigenvalue weighted by molar-refractivity contribution is 5.75. The summed E-state index contributed by atoms with van der Waals surface area (Å²) in [6, 6.07) is 8.82. The van der Waals surface area contributed by atoms with Crippen LogP contribution in [0, 0.1) is 0 Å². The van der Waals surface area contributed by atoms with Crippen molar-refractivity contribution in [3.05, 3.63) is 75.5 Å². The molecule has 170 valence electrons. The smallest absolute Gasteiger partial charge is 0.419 e. The molecule has 1 heterocycles. The van der Waals surface area contributed by atoms with Crippen LogP contribution in [0.5, 0.6) is 17.4 Å². The van der Waals surface area contributed by atoms with Crippen LogP contribution in [-0.2, 0) is 28.5 Å². The number of nitrogens with two attached hydrogens (primary N) is 1. The SMILES string of the molecule is COC(=O)C(N)Cc1ccc(Oc2ccc(Cc3oc(=O)[nH]c3O)c(C(F)(F)F)c2)cc1. The van der Waals surface area contributed by atoms with Crippen molar-refractivity contribution in [2.75, 3.05) is 7.11 Å². The molecule has 11 heteroatoms. The molecular weight excluding hydrogens is 433 g/mol. The number of ether oxygens (including phenoxy) is 2. The van der Waals surface area contributed by atoms with Crippen molar-refractivity contribution in [3.63, 3.8) is 0 Å². The van der Waals surface area contributed by atoms with Gasteiger partial charge in [0, 0.05) is 6.42 Å². The Bertz CT molecular complexity index is 1150. The van der Waals surface area contributed by atoms with Crippen LogP contribution in [-0.4, -0.2) is 29.2 Å². The maximum absolute atomic E-state index is 13.6. The summed E-state index contributed by atoms with van der Waals surface area (Å²) >= 11 is 0. The molecule has 0 spiro atoms. The predicted molar refractivity (Wildman–Crippen MR) is 105 cm³/mol. The lowest BCUT2D eigenvalue weighted by Gasteiger charge is -2.15. The summed E-state index contributed by atoms with van der Waals surface area (Å²) in [6.45, 7) is 0. The van der Waals surface area contributed by atoms with Crippen molar-refractivity contribution in [2.45, 2.75) is 25.1 Å². The molecule has 0 amide bonds. The zero-order valence-electron chi connectivity index (χ0n) is 16.7. The highest BCUT2D eigenvalue weighted by atomic mass is 19.4. The van der Waals surface area contributed by atoms with Crippen molar-refractivity contribution in [1.82, 2.24) is 4.98 Å². The van der Waals surface area contributed by atoms with Gasteiger partial charge in [-0.15, -0.1) is 0 Å². The summed E-state index contributed by atoms with van der Waals surface area (Å²) in [5.41, 5.74) is 5.21. The van der Waals surface area contributed by atoms with E-state index in [2.05, 4.69) is 9.15 Å². The molecule has 0 fully saturated rings. The molecule has 0 radical (unpaired) electrons. The number of nitrogens with one attached hydrogen (secondary N) is 1. The number of aromatic amines is 1. The minimum atomic E-state index is -4.71. The van der Waals surface area contributed by atoms with Crippen LogP contribution in [0.15, 0.2) is 51.7 Å². The fourth-order valence-corrected chi connectivity index (χ4v) is 3.00. The molecule has 2 aromatic carbocycles. The molecule has 0 aliphatic heterocycles. The lowest BCUT2D eigenvalue weighted by atomic mass is 10.0. The maximum Gasteiger partial charge on any atom is 0.419 e. The van der Waals surface area contributed by atoms with E-state index < -0.39 is 41.8 Å². The topological polar surface area (TPSA) is 128 Å². The van der Waals surface area contributed by atoms with Crippen LogP contribution in [0.4, 0.5) is 13.2 Å². The van der Waals surface area contributed by atoms with Gasteiger partial charge in [0.15, 0.2) is 5.76 Å². The Hall–Kier alpha value is -3.73. The van der Waals surface area contributed by atoms with E-state index in [1.54, 1.807) is 12.1 Å². The van der Waals surface area contributed by atoms with Gasteiger partial charge in [-0.25, -0.2) is 4.79 Å². The first-order chi connectivity index (χ1) is 15.1. The van der Waals surface area contributed by atoms with E-state index in [-0.39, 0.29) is 29.2 Å². The van der Waals surface area contributed by atoms with E-state index in [9.17, 15) is 27.9 Å². The number of aromatic nitrogens is 1. The van der Waals surface area contributed by atoms with Crippen molar-refractivity contribution in [3.8, 4) is 17.4 Å². The van der Waals surface area contributed by atoms with Crippen LogP contribution in [0.1, 0.15) is 22.5 Å². The maximum atomic E-state index is 13.6. The first kappa shape index (κ1) is 22.9. The van der Waals surface area contributed by atoms with Gasteiger partial charge < -0.3 is 24.7 Å². The van der Waals surface area contributed by atoms with Crippen molar-refractivity contribution >= 4 is 5.97 Å². The molecule has 0 bridgehead atoms. The minimum Gasteiger partial charge on any atom is -0.492 e. The predicted octanol–water partition coefficient (Wildman–Crippen LogP) is 3.12. The van der Waals surface area contributed by atoms with Gasteiger partial charge >= 0.3 is 17.9 Å². The Balaban J connectivity index is 1.79. The van der Waals surface area contributed by atoms with E-state index >= 15 is 0 Å². The second kappa shape index (κ2) is 9.18. The number of H-pyrrole nitrogens is 1. The molecule has 1 unspecified atom stereocenters. The molecule has 32 heavy (non-hydrogen) atoms.